The molecule has 0 aliphatic heterocycles. The Hall–Kier alpha value is -3.25. The third kappa shape index (κ3) is 5.12. The molecule has 7 heteroatoms. The van der Waals surface area contributed by atoms with Crippen molar-refractivity contribution in [1.29, 1.82) is 0 Å². The second-order valence-corrected chi connectivity index (χ2v) is 6.18. The lowest BCUT2D eigenvalue weighted by atomic mass is 10.1. The Kier molecular flexibility index (Phi) is 6.12. The molecule has 136 valence electrons. The summed E-state index contributed by atoms with van der Waals surface area (Å²) < 4.78 is 0. The van der Waals surface area contributed by atoms with E-state index in [9.17, 15) is 9.59 Å². The summed E-state index contributed by atoms with van der Waals surface area (Å²) in [6.07, 6.45) is 6.16. The van der Waals surface area contributed by atoms with Crippen molar-refractivity contribution in [2.75, 3.05) is 0 Å². The molecule has 0 fully saturated rings. The molecule has 0 aliphatic carbocycles. The first kappa shape index (κ1) is 18.5. The Morgan fingerprint density at radius 1 is 0.852 bits per heavy atom. The van der Waals surface area contributed by atoms with Crippen LogP contribution in [0.25, 0.3) is 0 Å². The molecule has 0 unspecified atom stereocenters. The van der Waals surface area contributed by atoms with E-state index >= 15 is 0 Å². The first-order valence-corrected chi connectivity index (χ1v) is 8.65. The monoisotopic (exact) mass is 380 g/mol. The Balaban J connectivity index is 1.61. The highest BCUT2D eigenvalue weighted by Gasteiger charge is 2.12. The quantitative estimate of drug-likeness (QED) is 0.688. The standard InChI is InChI=1S/C20H17ClN4O2/c21-18-4-2-1-3-15(18)13-25-20(27)17-9-16(11-23-12-17)19(26)24-10-14-5-7-22-8-6-14/h1-9,11-12H,10,13H2,(H,24,26)(H,25,27). The van der Waals surface area contributed by atoms with E-state index in [4.69, 9.17) is 11.6 Å². The normalized spacial score (nSPS) is 10.3. The highest BCUT2D eigenvalue weighted by atomic mass is 35.5. The van der Waals surface area contributed by atoms with Crippen molar-refractivity contribution >= 4 is 23.4 Å². The molecule has 0 aliphatic rings. The van der Waals surface area contributed by atoms with E-state index in [1.807, 2.05) is 30.3 Å². The molecule has 2 heterocycles. The number of hydrogen-bond donors (Lipinski definition) is 2. The molecule has 0 spiro atoms. The van der Waals surface area contributed by atoms with E-state index in [-0.39, 0.29) is 18.4 Å². The maximum Gasteiger partial charge on any atom is 0.253 e. The molecule has 0 atom stereocenters. The van der Waals surface area contributed by atoms with Crippen molar-refractivity contribution in [3.8, 4) is 0 Å². The molecule has 2 N–H and O–H groups in total. The number of rotatable bonds is 6. The van der Waals surface area contributed by atoms with E-state index in [1.165, 1.54) is 18.5 Å². The molecule has 2 aromatic heterocycles. The van der Waals surface area contributed by atoms with Crippen LogP contribution in [0.15, 0.2) is 67.3 Å². The van der Waals surface area contributed by atoms with Gasteiger partial charge in [-0.2, -0.15) is 0 Å². The van der Waals surface area contributed by atoms with E-state index in [0.717, 1.165) is 11.1 Å². The first-order valence-electron chi connectivity index (χ1n) is 8.27. The van der Waals surface area contributed by atoms with Crippen LogP contribution in [-0.2, 0) is 13.1 Å². The van der Waals surface area contributed by atoms with Gasteiger partial charge in [0, 0.05) is 42.9 Å². The summed E-state index contributed by atoms with van der Waals surface area (Å²) in [5, 5.41) is 6.15. The van der Waals surface area contributed by atoms with Crippen LogP contribution < -0.4 is 10.6 Å². The minimum absolute atomic E-state index is 0.289. The fourth-order valence-electron chi connectivity index (χ4n) is 2.39. The van der Waals surface area contributed by atoms with Gasteiger partial charge in [-0.15, -0.1) is 0 Å². The second-order valence-electron chi connectivity index (χ2n) is 5.77. The molecule has 0 radical (unpaired) electrons. The van der Waals surface area contributed by atoms with E-state index < -0.39 is 0 Å². The summed E-state index contributed by atoms with van der Waals surface area (Å²) in [6, 6.07) is 12.4. The van der Waals surface area contributed by atoms with Crippen molar-refractivity contribution < 1.29 is 9.59 Å². The van der Waals surface area contributed by atoms with Crippen molar-refractivity contribution in [2.24, 2.45) is 0 Å². The Morgan fingerprint density at radius 3 is 2.15 bits per heavy atom. The highest BCUT2D eigenvalue weighted by molar-refractivity contribution is 6.31. The van der Waals surface area contributed by atoms with Gasteiger partial charge in [0.2, 0.25) is 0 Å². The van der Waals surface area contributed by atoms with Crippen molar-refractivity contribution in [3.05, 3.63) is 94.5 Å². The summed E-state index contributed by atoms with van der Waals surface area (Å²) in [6.45, 7) is 0.654. The predicted octanol–water partition coefficient (Wildman–Crippen LogP) is 2.99. The molecular formula is C20H17ClN4O2. The molecule has 3 aromatic rings. The van der Waals surface area contributed by atoms with Crippen LogP contribution in [0.3, 0.4) is 0 Å². The van der Waals surface area contributed by atoms with Gasteiger partial charge in [0.25, 0.3) is 11.8 Å². The van der Waals surface area contributed by atoms with E-state index in [2.05, 4.69) is 20.6 Å². The lowest BCUT2D eigenvalue weighted by molar-refractivity contribution is 0.0950. The summed E-state index contributed by atoms with van der Waals surface area (Å²) >= 11 is 6.09. The average Bonchev–Trinajstić information content (AvgIpc) is 2.72. The number of pyridine rings is 2. The van der Waals surface area contributed by atoms with Gasteiger partial charge in [-0.25, -0.2) is 0 Å². The number of benzene rings is 1. The number of carbonyl (C=O) groups excluding carboxylic acids is 2. The van der Waals surface area contributed by atoms with Gasteiger partial charge in [-0.05, 0) is 35.4 Å². The van der Waals surface area contributed by atoms with Gasteiger partial charge in [-0.3, -0.25) is 19.6 Å². The van der Waals surface area contributed by atoms with Gasteiger partial charge >= 0.3 is 0 Å². The van der Waals surface area contributed by atoms with Crippen LogP contribution in [0.2, 0.25) is 5.02 Å². The molecule has 2 amide bonds. The predicted molar refractivity (Wildman–Crippen MR) is 102 cm³/mol. The molecular weight excluding hydrogens is 364 g/mol. The third-order valence-electron chi connectivity index (χ3n) is 3.86. The zero-order chi connectivity index (χ0) is 19.1. The van der Waals surface area contributed by atoms with Crippen LogP contribution in [0.4, 0.5) is 0 Å². The Bertz CT molecular complexity index is 947. The fourth-order valence-corrected chi connectivity index (χ4v) is 2.60. The van der Waals surface area contributed by atoms with Crippen LogP contribution in [0.5, 0.6) is 0 Å². The number of carbonyl (C=O) groups is 2. The molecule has 27 heavy (non-hydrogen) atoms. The first-order chi connectivity index (χ1) is 13.1. The molecule has 0 bridgehead atoms. The van der Waals surface area contributed by atoms with Crippen LogP contribution >= 0.6 is 11.6 Å². The Morgan fingerprint density at radius 2 is 1.48 bits per heavy atom. The summed E-state index contributed by atoms with van der Waals surface area (Å²) in [7, 11) is 0. The lowest BCUT2D eigenvalue weighted by Gasteiger charge is -2.08. The summed E-state index contributed by atoms with van der Waals surface area (Å²) in [4.78, 5) is 32.6. The number of amides is 2. The van der Waals surface area contributed by atoms with Crippen LogP contribution in [0.1, 0.15) is 31.8 Å². The molecule has 0 saturated carbocycles. The minimum Gasteiger partial charge on any atom is -0.348 e. The lowest BCUT2D eigenvalue weighted by Crippen LogP contribution is -2.25. The van der Waals surface area contributed by atoms with Crippen LogP contribution in [-0.4, -0.2) is 21.8 Å². The van der Waals surface area contributed by atoms with E-state index in [0.29, 0.717) is 22.7 Å². The van der Waals surface area contributed by atoms with Crippen molar-refractivity contribution in [2.45, 2.75) is 13.1 Å². The minimum atomic E-state index is -0.328. The third-order valence-corrected chi connectivity index (χ3v) is 4.23. The molecule has 6 nitrogen and oxygen atoms in total. The number of aromatic nitrogens is 2. The number of hydrogen-bond acceptors (Lipinski definition) is 4. The van der Waals surface area contributed by atoms with Gasteiger partial charge in [0.1, 0.15) is 0 Å². The van der Waals surface area contributed by atoms with Gasteiger partial charge in [-0.1, -0.05) is 29.8 Å². The Labute approximate surface area is 161 Å². The van der Waals surface area contributed by atoms with Crippen molar-refractivity contribution in [1.82, 2.24) is 20.6 Å². The van der Waals surface area contributed by atoms with Crippen molar-refractivity contribution in [3.63, 3.8) is 0 Å². The molecule has 0 saturated heterocycles. The topological polar surface area (TPSA) is 84.0 Å². The largest absolute Gasteiger partial charge is 0.348 e. The van der Waals surface area contributed by atoms with Gasteiger partial charge < -0.3 is 10.6 Å². The zero-order valence-electron chi connectivity index (χ0n) is 14.4. The molecule has 3 rings (SSSR count). The smallest absolute Gasteiger partial charge is 0.253 e. The van der Waals surface area contributed by atoms with E-state index in [1.54, 1.807) is 18.5 Å². The molecule has 1 aromatic carbocycles. The van der Waals surface area contributed by atoms with Gasteiger partial charge in [0.15, 0.2) is 0 Å². The average molecular weight is 381 g/mol. The summed E-state index contributed by atoms with van der Waals surface area (Å²) in [5.74, 6) is -0.633. The summed E-state index contributed by atoms with van der Waals surface area (Å²) in [5.41, 5.74) is 2.36. The highest BCUT2D eigenvalue weighted by Crippen LogP contribution is 2.14. The number of nitrogens with one attached hydrogen (secondary N) is 2. The fraction of sp³-hybridized carbons (Fsp3) is 0.100. The second kappa shape index (κ2) is 8.91. The maximum absolute atomic E-state index is 12.4. The zero-order valence-corrected chi connectivity index (χ0v) is 15.1. The SMILES string of the molecule is O=C(NCc1ccncc1)c1cncc(C(=O)NCc2ccccc2Cl)c1. The van der Waals surface area contributed by atoms with Crippen LogP contribution in [0, 0.1) is 0 Å². The van der Waals surface area contributed by atoms with Gasteiger partial charge in [0.05, 0.1) is 11.1 Å². The maximum atomic E-state index is 12.4. The number of nitrogens with zero attached hydrogens (tertiary/aromatic N) is 2. The number of halogens is 1.